The standard InChI is InChI=1S/C67H106N4O32S2/c1-71(2)40-15-7-14-39-38(40)13-8-16-46(39)105(88,89)70-37-19-17-36(18-20-37)69-67(104)68-21-5-3-4-6-23-98-66-61(93-26-12-30-97-65-58(87)54(83)50(79)44(34-75)102-65)60(92-25-11-29-96-64-57(86)53(82)49(78)43(33-74)101-64)59(91-24-10-28-95-63-56(85)52(81)48(77)42(32-73)100-63)45(103-66)35-90-22-9-27-94-62-55(84)51(80)47(76)41(31-72)99-62/h7-8,13-20,41-45,47-66,70,72-87H,3-6,9-12,21-35H2,1-2H3,(H2,68,69,104)/t41-,42-,43-,44-,45-,47-,48-,49-,50-,51+,52+,53+,54+,55+,56+,57+,58+,59-,60+,61-,62+,63+,64+,65+,66-/m1/s1. The second-order valence-corrected chi connectivity index (χ2v) is 28.2. The monoisotopic (exact) mass is 1540 g/mol. The summed E-state index contributed by atoms with van der Waals surface area (Å²) in [6.45, 7) is -3.35. The van der Waals surface area contributed by atoms with Gasteiger partial charge in [0.1, 0.15) is 122 Å². The highest BCUT2D eigenvalue weighted by molar-refractivity contribution is 7.93. The number of sulfonamides is 1. The summed E-state index contributed by atoms with van der Waals surface area (Å²) in [4.78, 5) is 2.06. The van der Waals surface area contributed by atoms with E-state index in [2.05, 4.69) is 15.4 Å². The van der Waals surface area contributed by atoms with Crippen LogP contribution in [0.2, 0.25) is 0 Å². The number of nitrogens with zero attached hydrogens (tertiary/aromatic N) is 1. The Labute approximate surface area is 613 Å². The Bertz CT molecular complexity index is 3120. The van der Waals surface area contributed by atoms with Crippen LogP contribution in [0, 0.1) is 0 Å². The average molecular weight is 1540 g/mol. The van der Waals surface area contributed by atoms with Gasteiger partial charge in [0, 0.05) is 81.5 Å². The predicted molar refractivity (Wildman–Crippen MR) is 370 cm³/mol. The van der Waals surface area contributed by atoms with Crippen LogP contribution in [0.3, 0.4) is 0 Å². The maximum absolute atomic E-state index is 13.7. The molecule has 0 amide bonds. The number of benzene rings is 3. The van der Waals surface area contributed by atoms with Crippen molar-refractivity contribution in [3.63, 3.8) is 0 Å². The molecule has 36 nitrogen and oxygen atoms in total. The van der Waals surface area contributed by atoms with Crippen LogP contribution in [0.15, 0.2) is 65.6 Å². The molecule has 0 radical (unpaired) electrons. The van der Waals surface area contributed by atoms with E-state index in [0.29, 0.717) is 54.1 Å². The molecular weight excluding hydrogens is 1440 g/mol. The van der Waals surface area contributed by atoms with E-state index in [4.69, 9.17) is 78.5 Å². The number of hydrogen-bond donors (Lipinski definition) is 19. The zero-order valence-electron chi connectivity index (χ0n) is 58.4. The van der Waals surface area contributed by atoms with Gasteiger partial charge < -0.3 is 164 Å². The minimum atomic E-state index is -3.98. The van der Waals surface area contributed by atoms with Crippen molar-refractivity contribution in [2.45, 2.75) is 210 Å². The van der Waals surface area contributed by atoms with Crippen LogP contribution in [0.5, 0.6) is 0 Å². The Kier molecular flexibility index (Phi) is 35.4. The van der Waals surface area contributed by atoms with Gasteiger partial charge in [0.2, 0.25) is 0 Å². The zero-order valence-corrected chi connectivity index (χ0v) is 60.1. The average Bonchev–Trinajstić information content (AvgIpc) is 0.773. The van der Waals surface area contributed by atoms with Gasteiger partial charge >= 0.3 is 0 Å². The van der Waals surface area contributed by atoms with Gasteiger partial charge in [0.05, 0.1) is 64.4 Å². The Morgan fingerprint density at radius 1 is 0.410 bits per heavy atom. The molecule has 8 rings (SSSR count). The van der Waals surface area contributed by atoms with E-state index >= 15 is 0 Å². The van der Waals surface area contributed by atoms with E-state index in [9.17, 15) is 90.1 Å². The molecule has 5 saturated heterocycles. The van der Waals surface area contributed by atoms with Crippen molar-refractivity contribution in [2.24, 2.45) is 0 Å². The number of anilines is 3. The van der Waals surface area contributed by atoms with Gasteiger partial charge in [-0.25, -0.2) is 8.42 Å². The number of fused-ring (bicyclic) bond motifs is 1. The molecule has 25 atom stereocenters. The second-order valence-electron chi connectivity index (χ2n) is 26.2. The number of aliphatic hydroxyl groups is 16. The number of ether oxygens (including phenoxy) is 14. The van der Waals surface area contributed by atoms with Crippen LogP contribution in [0.25, 0.3) is 10.8 Å². The number of rotatable bonds is 42. The smallest absolute Gasteiger partial charge is 0.262 e. The summed E-state index contributed by atoms with van der Waals surface area (Å²) in [5.41, 5.74) is 1.84. The lowest BCUT2D eigenvalue weighted by Gasteiger charge is -2.46. The lowest BCUT2D eigenvalue weighted by atomic mass is 9.98. The summed E-state index contributed by atoms with van der Waals surface area (Å²) in [5.74, 6) is 0. The molecule has 5 fully saturated rings. The van der Waals surface area contributed by atoms with Crippen molar-refractivity contribution >= 4 is 55.2 Å². The number of aliphatic hydroxyl groups excluding tert-OH is 16. The molecule has 0 aromatic heterocycles. The molecule has 0 spiro atoms. The van der Waals surface area contributed by atoms with Crippen LogP contribution < -0.4 is 20.3 Å². The third kappa shape index (κ3) is 23.8. The largest absolute Gasteiger partial charge is 0.394 e. The molecule has 0 aliphatic carbocycles. The van der Waals surface area contributed by atoms with Gasteiger partial charge in [-0.05, 0) is 87.1 Å². The van der Waals surface area contributed by atoms with E-state index in [1.807, 2.05) is 37.2 Å². The zero-order chi connectivity index (χ0) is 75.9. The van der Waals surface area contributed by atoms with Crippen LogP contribution in [-0.2, 0) is 76.3 Å². The summed E-state index contributed by atoms with van der Waals surface area (Å²) < 4.78 is 114. The maximum atomic E-state index is 13.7. The molecule has 598 valence electrons. The summed E-state index contributed by atoms with van der Waals surface area (Å²) in [6.07, 6.45) is -33.5. The first-order valence-corrected chi connectivity index (χ1v) is 37.1. The number of hydrogen-bond acceptors (Lipinski definition) is 34. The Morgan fingerprint density at radius 3 is 1.26 bits per heavy atom. The number of unbranched alkanes of at least 4 members (excludes halogenated alkanes) is 3. The van der Waals surface area contributed by atoms with Crippen molar-refractivity contribution in [1.82, 2.24) is 5.32 Å². The van der Waals surface area contributed by atoms with Crippen LogP contribution >= 0.6 is 12.2 Å². The van der Waals surface area contributed by atoms with Crippen molar-refractivity contribution in [2.75, 3.05) is 128 Å². The molecule has 0 unspecified atom stereocenters. The van der Waals surface area contributed by atoms with Crippen LogP contribution in [-0.4, -0.2) is 362 Å². The van der Waals surface area contributed by atoms with E-state index in [0.717, 1.165) is 11.1 Å². The minimum Gasteiger partial charge on any atom is -0.394 e. The van der Waals surface area contributed by atoms with Crippen LogP contribution in [0.4, 0.5) is 17.1 Å². The lowest BCUT2D eigenvalue weighted by Crippen LogP contribution is -2.62. The Morgan fingerprint density at radius 2 is 0.790 bits per heavy atom. The molecule has 0 bridgehead atoms. The highest BCUT2D eigenvalue weighted by Crippen LogP contribution is 2.34. The first-order valence-electron chi connectivity index (χ1n) is 35.2. The van der Waals surface area contributed by atoms with Crippen LogP contribution in [0.1, 0.15) is 51.4 Å². The molecule has 38 heteroatoms. The van der Waals surface area contributed by atoms with E-state index in [1.54, 1.807) is 42.5 Å². The summed E-state index contributed by atoms with van der Waals surface area (Å²) in [6, 6.07) is 17.3. The fraction of sp³-hybridized carbons (Fsp3) is 0.746. The number of nitrogens with one attached hydrogen (secondary N) is 3. The molecule has 3 aromatic carbocycles. The summed E-state index contributed by atoms with van der Waals surface area (Å²) in [7, 11) is -0.195. The second kappa shape index (κ2) is 43.0. The lowest BCUT2D eigenvalue weighted by molar-refractivity contribution is -0.326. The topological polar surface area (TPSA) is 526 Å². The van der Waals surface area contributed by atoms with Gasteiger partial charge in [-0.3, -0.25) is 4.72 Å². The quantitative estimate of drug-likeness (QED) is 0.0187. The van der Waals surface area contributed by atoms with Crippen molar-refractivity contribution in [1.29, 1.82) is 0 Å². The molecular formula is C67H106N4O32S2. The SMILES string of the molecule is CN(C)c1cccc2c(S(=O)(=O)Nc3ccc(NC(=S)NCCCCCCO[C@@H]4O[C@H](COCCCO[C@H]5O[C@H](CO)[C@@H](O)[C@H](O)[C@@H]5O)[C@@H](OCCCO[C@H]5O[C@H](CO)[C@@H](O)[C@H](O)[C@@H]5O)[C@H](OCCCO[C@H]5O[C@H](CO)[C@@H](O)[C@H](O)[C@@H]5O)[C@H]4OCCCO[C@H]4O[C@H](CO)[C@@H](O)[C@H](O)[C@@H]4O)cc3)cccc12. The summed E-state index contributed by atoms with van der Waals surface area (Å²) in [5, 5.41) is 172. The van der Waals surface area contributed by atoms with Gasteiger partial charge in [-0.15, -0.1) is 0 Å². The first-order chi connectivity index (χ1) is 50.4. The molecule has 105 heavy (non-hydrogen) atoms. The third-order valence-corrected chi connectivity index (χ3v) is 20.0. The number of thiocarbonyl (C=S) groups is 1. The normalized spacial score (nSPS) is 33.9. The molecule has 0 saturated carbocycles. The van der Waals surface area contributed by atoms with Gasteiger partial charge in [-0.2, -0.15) is 0 Å². The predicted octanol–water partition coefficient (Wildman–Crippen LogP) is -4.71. The highest BCUT2D eigenvalue weighted by Gasteiger charge is 2.51. The molecule has 5 aliphatic rings. The van der Waals surface area contributed by atoms with Crippen molar-refractivity contribution in [3.05, 3.63) is 60.7 Å². The molecule has 3 aromatic rings. The minimum absolute atomic E-state index is 0.0153. The van der Waals surface area contributed by atoms with Gasteiger partial charge in [0.25, 0.3) is 10.0 Å². The fourth-order valence-corrected chi connectivity index (χ4v) is 13.9. The Balaban J connectivity index is 0.930. The van der Waals surface area contributed by atoms with E-state index in [1.165, 1.54) is 0 Å². The van der Waals surface area contributed by atoms with Crippen molar-refractivity contribution < 1.29 is 156 Å². The first kappa shape index (κ1) is 86.6. The molecule has 5 aliphatic heterocycles. The van der Waals surface area contributed by atoms with E-state index in [-0.39, 0.29) is 96.6 Å². The third-order valence-electron chi connectivity index (χ3n) is 18.3. The van der Waals surface area contributed by atoms with Gasteiger partial charge in [0.15, 0.2) is 36.6 Å². The molecule has 19 N–H and O–H groups in total. The Hall–Kier alpha value is -4.04. The maximum Gasteiger partial charge on any atom is 0.262 e. The molecule has 5 heterocycles. The van der Waals surface area contributed by atoms with Crippen molar-refractivity contribution in [3.8, 4) is 0 Å². The van der Waals surface area contributed by atoms with E-state index < -0.39 is 190 Å². The van der Waals surface area contributed by atoms with Gasteiger partial charge in [-0.1, -0.05) is 37.1 Å². The highest BCUT2D eigenvalue weighted by atomic mass is 32.2. The fourth-order valence-electron chi connectivity index (χ4n) is 12.4. The summed E-state index contributed by atoms with van der Waals surface area (Å²) >= 11 is 5.59.